The lowest BCUT2D eigenvalue weighted by molar-refractivity contribution is -0.150. The van der Waals surface area contributed by atoms with Gasteiger partial charge in [0.15, 0.2) is 0 Å². The minimum Gasteiger partial charge on any atom is -0.462 e. The van der Waals surface area contributed by atoms with Crippen LogP contribution in [0.4, 0.5) is 8.78 Å². The molecule has 1 rings (SSSR count). The largest absolute Gasteiger partial charge is 0.462 e. The lowest BCUT2D eigenvalue weighted by Gasteiger charge is -2.09. The van der Waals surface area contributed by atoms with E-state index in [0.29, 0.717) is 0 Å². The predicted molar refractivity (Wildman–Crippen MR) is 94.4 cm³/mol. The van der Waals surface area contributed by atoms with Gasteiger partial charge in [-0.2, -0.15) is 8.78 Å². The second-order valence-electron chi connectivity index (χ2n) is 5.52. The zero-order valence-electron chi connectivity index (χ0n) is 15.4. The molecule has 0 aliphatic rings. The van der Waals surface area contributed by atoms with Crippen LogP contribution in [0, 0.1) is 0 Å². The molecule has 1 amide bonds. The molecule has 0 aliphatic carbocycles. The van der Waals surface area contributed by atoms with Crippen LogP contribution < -0.4 is 9.46 Å². The van der Waals surface area contributed by atoms with Gasteiger partial charge < -0.3 is 14.2 Å². The molecule has 0 saturated heterocycles. The van der Waals surface area contributed by atoms with Crippen LogP contribution in [-0.2, 0) is 33.9 Å². The summed E-state index contributed by atoms with van der Waals surface area (Å²) < 4.78 is 63.5. The summed E-state index contributed by atoms with van der Waals surface area (Å²) in [4.78, 5) is 34.0. The van der Waals surface area contributed by atoms with Crippen LogP contribution in [0.1, 0.15) is 19.8 Å². The molecule has 0 unspecified atom stereocenters. The fourth-order valence-corrected chi connectivity index (χ4v) is 2.77. The minimum atomic E-state index is -4.25. The Balaban J connectivity index is 2.41. The quantitative estimate of drug-likeness (QED) is 0.315. The van der Waals surface area contributed by atoms with Gasteiger partial charge in [0.05, 0.1) is 11.3 Å². The van der Waals surface area contributed by atoms with Gasteiger partial charge in [-0.25, -0.2) is 17.9 Å². The van der Waals surface area contributed by atoms with Gasteiger partial charge >= 0.3 is 18.6 Å². The number of alkyl halides is 2. The van der Waals surface area contributed by atoms with E-state index in [2.05, 4.69) is 11.3 Å². The van der Waals surface area contributed by atoms with Gasteiger partial charge in [0.25, 0.3) is 10.0 Å². The molecule has 0 spiro atoms. The lowest BCUT2D eigenvalue weighted by atomic mass is 10.3. The van der Waals surface area contributed by atoms with Crippen LogP contribution in [-0.4, -0.2) is 46.1 Å². The molecule has 1 aromatic rings. The summed E-state index contributed by atoms with van der Waals surface area (Å²) >= 11 is 0. The number of sulfonamides is 1. The number of benzene rings is 1. The van der Waals surface area contributed by atoms with E-state index in [0.717, 1.165) is 24.3 Å². The number of esters is 2. The zero-order chi connectivity index (χ0) is 22.0. The van der Waals surface area contributed by atoms with E-state index in [1.54, 1.807) is 4.72 Å². The van der Waals surface area contributed by atoms with Crippen LogP contribution in [0.3, 0.4) is 0 Å². The fraction of sp³-hybridized carbons (Fsp3) is 0.353. The van der Waals surface area contributed by atoms with Gasteiger partial charge in [0.2, 0.25) is 5.91 Å². The topological polar surface area (TPSA) is 125 Å². The van der Waals surface area contributed by atoms with E-state index >= 15 is 0 Å². The minimum absolute atomic E-state index is 0.186. The zero-order valence-corrected chi connectivity index (χ0v) is 16.2. The molecular weight excluding hydrogens is 416 g/mol. The molecule has 0 bridgehead atoms. The number of amides is 1. The van der Waals surface area contributed by atoms with Crippen molar-refractivity contribution in [3.05, 3.63) is 36.4 Å². The molecule has 0 aromatic heterocycles. The van der Waals surface area contributed by atoms with Gasteiger partial charge in [-0.05, 0) is 31.2 Å². The molecule has 160 valence electrons. The van der Waals surface area contributed by atoms with Crippen molar-refractivity contribution in [3.63, 3.8) is 0 Å². The molecule has 0 atom stereocenters. The molecule has 0 radical (unpaired) electrons. The van der Waals surface area contributed by atoms with E-state index in [4.69, 9.17) is 9.47 Å². The van der Waals surface area contributed by atoms with E-state index in [1.165, 1.54) is 6.92 Å². The molecule has 1 aromatic carbocycles. The first-order valence-electron chi connectivity index (χ1n) is 8.10. The predicted octanol–water partition coefficient (Wildman–Crippen LogP) is 1.54. The summed E-state index contributed by atoms with van der Waals surface area (Å²) in [5.74, 6) is -2.65. The smallest absolute Gasteiger partial charge is 0.387 e. The van der Waals surface area contributed by atoms with Gasteiger partial charge in [-0.15, -0.1) is 0 Å². The first-order chi connectivity index (χ1) is 13.5. The fourth-order valence-electron chi connectivity index (χ4n) is 1.76. The highest BCUT2D eigenvalue weighted by Crippen LogP contribution is 2.17. The SMILES string of the molecule is C=C(C)C(=O)OCCOC(=O)CCC(=O)NS(=O)(=O)c1ccc(OC(F)F)cc1. The maximum Gasteiger partial charge on any atom is 0.387 e. The van der Waals surface area contributed by atoms with E-state index in [-0.39, 0.29) is 29.4 Å². The summed E-state index contributed by atoms with van der Waals surface area (Å²) in [6, 6.07) is 3.97. The highest BCUT2D eigenvalue weighted by atomic mass is 32.2. The standard InChI is InChI=1S/C17H19F2NO8S/c1-11(2)16(23)27-10-9-26-15(22)8-7-14(21)20-29(24,25)13-5-3-12(4-6-13)28-17(18)19/h3-6,17H,1,7-10H2,2H3,(H,20,21). The summed E-state index contributed by atoms with van der Waals surface area (Å²) in [6.45, 7) is 1.34. The maximum absolute atomic E-state index is 12.1. The second-order valence-corrected chi connectivity index (χ2v) is 7.20. The Morgan fingerprint density at radius 1 is 1.07 bits per heavy atom. The van der Waals surface area contributed by atoms with Crippen molar-refractivity contribution in [2.45, 2.75) is 31.3 Å². The summed E-state index contributed by atoms with van der Waals surface area (Å²) in [5.41, 5.74) is 0.186. The van der Waals surface area contributed by atoms with Crippen molar-refractivity contribution < 1.29 is 45.8 Å². The van der Waals surface area contributed by atoms with Gasteiger partial charge in [-0.1, -0.05) is 6.58 Å². The van der Waals surface area contributed by atoms with Crippen LogP contribution in [0.5, 0.6) is 5.75 Å². The monoisotopic (exact) mass is 435 g/mol. The third-order valence-electron chi connectivity index (χ3n) is 3.09. The molecule has 0 heterocycles. The molecule has 0 aliphatic heterocycles. The normalized spacial score (nSPS) is 10.9. The highest BCUT2D eigenvalue weighted by Gasteiger charge is 2.19. The van der Waals surface area contributed by atoms with Gasteiger partial charge in [0.1, 0.15) is 19.0 Å². The van der Waals surface area contributed by atoms with E-state index in [1.807, 2.05) is 0 Å². The maximum atomic E-state index is 12.1. The number of ether oxygens (including phenoxy) is 3. The Kier molecular flexibility index (Phi) is 9.19. The molecule has 12 heteroatoms. The van der Waals surface area contributed by atoms with Gasteiger partial charge in [-0.3, -0.25) is 9.59 Å². The van der Waals surface area contributed by atoms with Crippen molar-refractivity contribution >= 4 is 27.9 Å². The van der Waals surface area contributed by atoms with Crippen LogP contribution in [0.15, 0.2) is 41.3 Å². The number of carbonyl (C=O) groups is 3. The Labute approximate surface area is 165 Å². The molecule has 0 fully saturated rings. The van der Waals surface area contributed by atoms with Crippen molar-refractivity contribution in [2.24, 2.45) is 0 Å². The summed E-state index contributed by atoms with van der Waals surface area (Å²) in [5, 5.41) is 0. The third kappa shape index (κ3) is 9.14. The van der Waals surface area contributed by atoms with Crippen LogP contribution in [0.25, 0.3) is 0 Å². The molecule has 29 heavy (non-hydrogen) atoms. The molecule has 1 N–H and O–H groups in total. The van der Waals surface area contributed by atoms with Crippen molar-refractivity contribution in [2.75, 3.05) is 13.2 Å². The van der Waals surface area contributed by atoms with Crippen LogP contribution in [0.2, 0.25) is 0 Å². The van der Waals surface area contributed by atoms with Gasteiger partial charge in [0, 0.05) is 12.0 Å². The Hall–Kier alpha value is -3.02. The number of rotatable bonds is 11. The van der Waals surface area contributed by atoms with E-state index in [9.17, 15) is 31.6 Å². The first-order valence-corrected chi connectivity index (χ1v) is 9.58. The summed E-state index contributed by atoms with van der Waals surface area (Å²) in [6.07, 6.45) is -0.882. The number of carbonyl (C=O) groups excluding carboxylic acids is 3. The number of hydrogen-bond donors (Lipinski definition) is 1. The average molecular weight is 435 g/mol. The molecule has 9 nitrogen and oxygen atoms in total. The number of hydrogen-bond acceptors (Lipinski definition) is 8. The molecular formula is C17H19F2NO8S. The molecule has 0 saturated carbocycles. The Bertz CT molecular complexity index is 853. The van der Waals surface area contributed by atoms with Crippen molar-refractivity contribution in [1.82, 2.24) is 4.72 Å². The number of nitrogens with one attached hydrogen (secondary N) is 1. The van der Waals surface area contributed by atoms with Crippen molar-refractivity contribution in [3.8, 4) is 5.75 Å². The van der Waals surface area contributed by atoms with Crippen LogP contribution >= 0.6 is 0 Å². The Morgan fingerprint density at radius 3 is 2.21 bits per heavy atom. The van der Waals surface area contributed by atoms with E-state index < -0.39 is 47.3 Å². The van der Waals surface area contributed by atoms with Crippen molar-refractivity contribution in [1.29, 1.82) is 0 Å². The average Bonchev–Trinajstić information content (AvgIpc) is 2.62. The first kappa shape index (κ1) is 24.0. The summed E-state index contributed by atoms with van der Waals surface area (Å²) in [7, 11) is -4.25. The number of halogens is 2. The Morgan fingerprint density at radius 2 is 1.66 bits per heavy atom. The second kappa shape index (κ2) is 11.1. The highest BCUT2D eigenvalue weighted by molar-refractivity contribution is 7.90. The third-order valence-corrected chi connectivity index (χ3v) is 4.48. The lowest BCUT2D eigenvalue weighted by Crippen LogP contribution is -2.31.